The standard InChI is InChI=1S/C4H6O3/c5-7-4-2-1-3-6-4/h1-2,4-5H,3H2. The summed E-state index contributed by atoms with van der Waals surface area (Å²) in [5, 5.41) is 7.89. The smallest absolute Gasteiger partial charge is 0.210 e. The first-order valence-electron chi connectivity index (χ1n) is 2.02. The van der Waals surface area contributed by atoms with Crippen molar-refractivity contribution in [1.29, 1.82) is 0 Å². The van der Waals surface area contributed by atoms with Crippen LogP contribution >= 0.6 is 0 Å². The van der Waals surface area contributed by atoms with Gasteiger partial charge in [-0.3, -0.25) is 0 Å². The highest BCUT2D eigenvalue weighted by atomic mass is 17.1. The van der Waals surface area contributed by atoms with Crippen LogP contribution in [0.3, 0.4) is 0 Å². The summed E-state index contributed by atoms with van der Waals surface area (Å²) in [5.74, 6) is 0. The van der Waals surface area contributed by atoms with Crippen LogP contribution in [0.1, 0.15) is 0 Å². The Balaban J connectivity index is 2.28. The number of hydrogen-bond donors (Lipinski definition) is 1. The highest BCUT2D eigenvalue weighted by Gasteiger charge is 2.06. The largest absolute Gasteiger partial charge is 0.342 e. The summed E-state index contributed by atoms with van der Waals surface area (Å²) in [5.41, 5.74) is 0. The molecular formula is C4H6O3. The minimum Gasteiger partial charge on any atom is -0.342 e. The molecule has 3 nitrogen and oxygen atoms in total. The molecule has 0 aliphatic carbocycles. The van der Waals surface area contributed by atoms with Crippen molar-refractivity contribution in [3.05, 3.63) is 12.2 Å². The average Bonchev–Trinajstić information content (AvgIpc) is 2.14. The van der Waals surface area contributed by atoms with Gasteiger partial charge in [0.1, 0.15) is 0 Å². The maximum atomic E-state index is 7.89. The van der Waals surface area contributed by atoms with Crippen molar-refractivity contribution < 1.29 is 14.9 Å². The first-order valence-corrected chi connectivity index (χ1v) is 2.02. The molecule has 1 unspecified atom stereocenters. The first-order chi connectivity index (χ1) is 3.43. The van der Waals surface area contributed by atoms with E-state index in [0.717, 1.165) is 0 Å². The molecule has 3 heteroatoms. The van der Waals surface area contributed by atoms with E-state index in [-0.39, 0.29) is 0 Å². The van der Waals surface area contributed by atoms with Gasteiger partial charge in [-0.25, -0.2) is 10.1 Å². The van der Waals surface area contributed by atoms with Crippen LogP contribution in [0.4, 0.5) is 0 Å². The molecule has 0 saturated heterocycles. The second kappa shape index (κ2) is 2.07. The molecule has 0 amide bonds. The van der Waals surface area contributed by atoms with Gasteiger partial charge in [0, 0.05) is 0 Å². The summed E-state index contributed by atoms with van der Waals surface area (Å²) in [4.78, 5) is 3.80. The van der Waals surface area contributed by atoms with Crippen molar-refractivity contribution >= 4 is 0 Å². The molecule has 0 radical (unpaired) electrons. The Morgan fingerprint density at radius 2 is 2.71 bits per heavy atom. The Morgan fingerprint density at radius 1 is 1.86 bits per heavy atom. The lowest BCUT2D eigenvalue weighted by molar-refractivity contribution is -0.322. The van der Waals surface area contributed by atoms with E-state index in [1.807, 2.05) is 0 Å². The van der Waals surface area contributed by atoms with E-state index in [4.69, 9.17) is 9.99 Å². The van der Waals surface area contributed by atoms with Crippen LogP contribution < -0.4 is 0 Å². The maximum Gasteiger partial charge on any atom is 0.210 e. The predicted molar refractivity (Wildman–Crippen MR) is 22.6 cm³/mol. The minimum atomic E-state index is -0.528. The quantitative estimate of drug-likeness (QED) is 0.295. The Kier molecular flexibility index (Phi) is 1.41. The van der Waals surface area contributed by atoms with Gasteiger partial charge < -0.3 is 4.74 Å². The number of rotatable bonds is 1. The highest BCUT2D eigenvalue weighted by Crippen LogP contribution is 2.01. The van der Waals surface area contributed by atoms with Crippen LogP contribution in [-0.2, 0) is 9.62 Å². The molecule has 0 saturated carbocycles. The SMILES string of the molecule is OOC1C=CCO1. The van der Waals surface area contributed by atoms with E-state index in [2.05, 4.69) is 4.89 Å². The van der Waals surface area contributed by atoms with Crippen LogP contribution in [0.5, 0.6) is 0 Å². The second-order valence-corrected chi connectivity index (χ2v) is 1.24. The molecular weight excluding hydrogens is 96.0 g/mol. The molecule has 0 aromatic heterocycles. The molecule has 7 heavy (non-hydrogen) atoms. The third-order valence-corrected chi connectivity index (χ3v) is 0.754. The zero-order valence-electron chi connectivity index (χ0n) is 3.70. The molecule has 0 aromatic rings. The normalized spacial score (nSPS) is 29.0. The van der Waals surface area contributed by atoms with E-state index in [9.17, 15) is 0 Å². The van der Waals surface area contributed by atoms with Crippen LogP contribution in [-0.4, -0.2) is 18.2 Å². The topological polar surface area (TPSA) is 38.7 Å². The van der Waals surface area contributed by atoms with Crippen LogP contribution in [0.25, 0.3) is 0 Å². The van der Waals surface area contributed by atoms with Crippen molar-refractivity contribution in [3.63, 3.8) is 0 Å². The van der Waals surface area contributed by atoms with Crippen molar-refractivity contribution in [1.82, 2.24) is 0 Å². The fourth-order valence-electron chi connectivity index (χ4n) is 0.438. The van der Waals surface area contributed by atoms with Gasteiger partial charge in [-0.2, -0.15) is 0 Å². The summed E-state index contributed by atoms with van der Waals surface area (Å²) < 4.78 is 4.72. The number of hydrogen-bond acceptors (Lipinski definition) is 3. The highest BCUT2D eigenvalue weighted by molar-refractivity contribution is 4.90. The Morgan fingerprint density at radius 3 is 3.00 bits per heavy atom. The van der Waals surface area contributed by atoms with Crippen molar-refractivity contribution in [3.8, 4) is 0 Å². The van der Waals surface area contributed by atoms with Crippen molar-refractivity contribution in [2.45, 2.75) is 6.29 Å². The first kappa shape index (κ1) is 4.77. The molecule has 0 bridgehead atoms. The summed E-state index contributed by atoms with van der Waals surface area (Å²) >= 11 is 0. The predicted octanol–water partition coefficient (Wildman–Crippen LogP) is 0.389. The van der Waals surface area contributed by atoms with E-state index in [1.165, 1.54) is 0 Å². The minimum absolute atomic E-state index is 0.528. The van der Waals surface area contributed by atoms with Crippen molar-refractivity contribution in [2.24, 2.45) is 0 Å². The van der Waals surface area contributed by atoms with Gasteiger partial charge in [0.2, 0.25) is 6.29 Å². The molecule has 1 atom stereocenters. The maximum absolute atomic E-state index is 7.89. The molecule has 40 valence electrons. The average molecular weight is 102 g/mol. The van der Waals surface area contributed by atoms with Gasteiger partial charge >= 0.3 is 0 Å². The van der Waals surface area contributed by atoms with Crippen LogP contribution in [0.15, 0.2) is 12.2 Å². The Labute approximate surface area is 41.1 Å². The lowest BCUT2D eigenvalue weighted by Crippen LogP contribution is -2.05. The molecule has 1 aliphatic rings. The molecule has 0 aromatic carbocycles. The molecule has 0 spiro atoms. The zero-order valence-corrected chi connectivity index (χ0v) is 3.70. The van der Waals surface area contributed by atoms with Gasteiger partial charge in [0.15, 0.2) is 0 Å². The van der Waals surface area contributed by atoms with Gasteiger partial charge in [-0.05, 0) is 6.08 Å². The molecule has 1 N–H and O–H groups in total. The molecule has 1 rings (SSSR count). The van der Waals surface area contributed by atoms with E-state index >= 15 is 0 Å². The molecule has 1 aliphatic heterocycles. The lowest BCUT2D eigenvalue weighted by atomic mass is 10.6. The third kappa shape index (κ3) is 0.991. The second-order valence-electron chi connectivity index (χ2n) is 1.24. The lowest BCUT2D eigenvalue weighted by Gasteiger charge is -1.99. The van der Waals surface area contributed by atoms with Gasteiger partial charge in [0.25, 0.3) is 0 Å². The zero-order chi connectivity index (χ0) is 5.11. The third-order valence-electron chi connectivity index (χ3n) is 0.754. The Bertz CT molecular complexity index is 79.0. The van der Waals surface area contributed by atoms with Crippen molar-refractivity contribution in [2.75, 3.05) is 6.61 Å². The van der Waals surface area contributed by atoms with Crippen LogP contribution in [0, 0.1) is 0 Å². The van der Waals surface area contributed by atoms with Gasteiger partial charge in [-0.15, -0.1) is 0 Å². The summed E-state index contributed by atoms with van der Waals surface area (Å²) in [7, 11) is 0. The summed E-state index contributed by atoms with van der Waals surface area (Å²) in [6.45, 7) is 0.533. The monoisotopic (exact) mass is 102 g/mol. The fourth-order valence-corrected chi connectivity index (χ4v) is 0.438. The van der Waals surface area contributed by atoms with E-state index < -0.39 is 6.29 Å². The van der Waals surface area contributed by atoms with Gasteiger partial charge in [-0.1, -0.05) is 6.08 Å². The summed E-state index contributed by atoms with van der Waals surface area (Å²) in [6, 6.07) is 0. The fraction of sp³-hybridized carbons (Fsp3) is 0.500. The number of ether oxygens (including phenoxy) is 1. The molecule has 0 fully saturated rings. The summed E-state index contributed by atoms with van der Waals surface area (Å²) in [6.07, 6.45) is 2.89. The van der Waals surface area contributed by atoms with Crippen LogP contribution in [0.2, 0.25) is 0 Å². The van der Waals surface area contributed by atoms with Gasteiger partial charge in [0.05, 0.1) is 6.61 Å². The van der Waals surface area contributed by atoms with E-state index in [1.54, 1.807) is 12.2 Å². The Hall–Kier alpha value is -0.380. The molecule has 1 heterocycles. The van der Waals surface area contributed by atoms with E-state index in [0.29, 0.717) is 6.61 Å².